The molecule has 2 aromatic rings. The average molecular weight is 638 g/mol. The van der Waals surface area contributed by atoms with Crippen LogP contribution in [0.15, 0.2) is 82.1 Å². The van der Waals surface area contributed by atoms with Crippen LogP contribution in [0.3, 0.4) is 0 Å². The molecule has 0 saturated carbocycles. The molecule has 1 amide bonds. The maximum atomic E-state index is 14.5. The van der Waals surface area contributed by atoms with E-state index in [2.05, 4.69) is 0 Å². The van der Waals surface area contributed by atoms with Crippen molar-refractivity contribution >= 4 is 58.7 Å². The van der Waals surface area contributed by atoms with Gasteiger partial charge >= 0.3 is 0 Å². The smallest absolute Gasteiger partial charge is 0.218 e. The zero-order valence-electron chi connectivity index (χ0n) is 22.3. The summed E-state index contributed by atoms with van der Waals surface area (Å²) < 4.78 is 46.3. The molecule has 2 atom stereocenters. The van der Waals surface area contributed by atoms with E-state index < -0.39 is 54.0 Å². The van der Waals surface area contributed by atoms with Crippen LogP contribution >= 0.6 is 21.6 Å². The maximum Gasteiger partial charge on any atom is 0.218 e. The molecule has 1 aliphatic carbocycles. The van der Waals surface area contributed by atoms with Gasteiger partial charge in [-0.2, -0.15) is 0 Å². The van der Waals surface area contributed by atoms with Crippen LogP contribution in [0, 0.1) is 5.92 Å². The molecule has 1 aliphatic rings. The van der Waals surface area contributed by atoms with Crippen LogP contribution in [0.5, 0.6) is 0 Å². The third-order valence-electron chi connectivity index (χ3n) is 6.35. The van der Waals surface area contributed by atoms with Crippen LogP contribution in [-0.2, 0) is 24.5 Å². The minimum absolute atomic E-state index is 0.0217. The number of carbonyl (C=O) groups excluding carboxylic acids is 3. The largest absolute Gasteiger partial charge is 0.370 e. The molecule has 10 nitrogen and oxygen atoms in total. The predicted molar refractivity (Wildman–Crippen MR) is 162 cm³/mol. The highest BCUT2D eigenvalue weighted by Crippen LogP contribution is 2.52. The van der Waals surface area contributed by atoms with Crippen LogP contribution in [0.2, 0.25) is 0 Å². The van der Waals surface area contributed by atoms with Gasteiger partial charge in [-0.1, -0.05) is 51.9 Å². The van der Waals surface area contributed by atoms with Gasteiger partial charge in [-0.25, -0.2) is 16.8 Å². The molecule has 41 heavy (non-hydrogen) atoms. The monoisotopic (exact) mass is 637 g/mol. The van der Waals surface area contributed by atoms with Gasteiger partial charge in [-0.3, -0.25) is 14.4 Å². The van der Waals surface area contributed by atoms with Gasteiger partial charge in [0.1, 0.15) is 4.75 Å². The van der Waals surface area contributed by atoms with Gasteiger partial charge in [0.25, 0.3) is 0 Å². The lowest BCUT2D eigenvalue weighted by Crippen LogP contribution is -2.49. The van der Waals surface area contributed by atoms with Gasteiger partial charge in [0.2, 0.25) is 5.91 Å². The van der Waals surface area contributed by atoms with Crippen LogP contribution in [-0.4, -0.2) is 63.5 Å². The fraction of sp³-hybridized carbons (Fsp3) is 0.296. The Kier molecular flexibility index (Phi) is 10.4. The van der Waals surface area contributed by atoms with E-state index >= 15 is 0 Å². The molecule has 6 N–H and O–H groups in total. The molecule has 0 spiro atoms. The van der Waals surface area contributed by atoms with Gasteiger partial charge in [0.05, 0.1) is 16.0 Å². The van der Waals surface area contributed by atoms with Gasteiger partial charge in [-0.15, -0.1) is 0 Å². The number of hydrogen-bond acceptors (Lipinski definition) is 11. The predicted octanol–water partition coefficient (Wildman–Crippen LogP) is 2.30. The van der Waals surface area contributed by atoms with E-state index in [9.17, 15) is 31.2 Å². The van der Waals surface area contributed by atoms with E-state index in [-0.39, 0.29) is 45.1 Å². The SMILES string of the molecule is CS(=O)(=O)c1ccc(C(=O)C2=CC=CC(CC(N)N)C2(SSCCC(N)=O)C(=O)c2ccc(S(C)(=O)=O)cc2)cc1. The van der Waals surface area contributed by atoms with Gasteiger partial charge < -0.3 is 17.2 Å². The van der Waals surface area contributed by atoms with Crippen molar-refractivity contribution in [2.24, 2.45) is 23.1 Å². The van der Waals surface area contributed by atoms with Gasteiger partial charge in [0, 0.05) is 47.3 Å². The molecule has 0 fully saturated rings. The minimum atomic E-state index is -3.53. The number of primary amides is 1. The second-order valence-corrected chi connectivity index (χ2v) is 16.3. The quantitative estimate of drug-likeness (QED) is 0.126. The number of sulfone groups is 2. The number of nitrogens with two attached hydrogens (primary N) is 3. The standard InChI is InChI=1S/C27H31N3O7S4/c1-40(34,35)20-10-6-17(7-11-20)25(32)22-5-3-4-19(16-23(28)29)27(22,39-38-15-14-24(30)31)26(33)18-8-12-21(13-9-18)41(2,36)37/h3-13,19,23H,14-16,28-29H2,1-2H3,(H2,30,31). The Balaban J connectivity index is 2.19. The maximum absolute atomic E-state index is 14.5. The Morgan fingerprint density at radius 3 is 1.85 bits per heavy atom. The van der Waals surface area contributed by atoms with Crippen molar-refractivity contribution < 1.29 is 31.2 Å². The Morgan fingerprint density at radius 2 is 1.39 bits per heavy atom. The van der Waals surface area contributed by atoms with Gasteiger partial charge in [0.15, 0.2) is 31.2 Å². The van der Waals surface area contributed by atoms with Crippen LogP contribution in [0.25, 0.3) is 0 Å². The topological polar surface area (TPSA) is 198 Å². The number of allylic oxidation sites excluding steroid dienone is 3. The van der Waals surface area contributed by atoms with E-state index in [1.165, 1.54) is 65.4 Å². The lowest BCUT2D eigenvalue weighted by atomic mass is 9.72. The number of Topliss-reactive ketones (excluding diaryl/α,β-unsaturated/α-hetero) is 2. The molecule has 0 saturated heterocycles. The Labute approximate surface area is 247 Å². The Hall–Kier alpha value is -2.75. The molecule has 0 bridgehead atoms. The molecule has 220 valence electrons. The molecule has 0 radical (unpaired) electrons. The number of hydrogen-bond donors (Lipinski definition) is 3. The fourth-order valence-electron chi connectivity index (χ4n) is 4.32. The average Bonchev–Trinajstić information content (AvgIpc) is 2.89. The Morgan fingerprint density at radius 1 is 0.878 bits per heavy atom. The highest BCUT2D eigenvalue weighted by Gasteiger charge is 2.52. The highest BCUT2D eigenvalue weighted by molar-refractivity contribution is 8.77. The summed E-state index contributed by atoms with van der Waals surface area (Å²) in [6.07, 6.45) is 6.30. The highest BCUT2D eigenvalue weighted by atomic mass is 33.1. The van der Waals surface area contributed by atoms with Crippen molar-refractivity contribution in [2.75, 3.05) is 18.3 Å². The summed E-state index contributed by atoms with van der Waals surface area (Å²) >= 11 is 0. The summed E-state index contributed by atoms with van der Waals surface area (Å²) in [5, 5.41) is 0. The minimum Gasteiger partial charge on any atom is -0.370 e. The molecule has 2 aromatic carbocycles. The van der Waals surface area contributed by atoms with Gasteiger partial charge in [-0.05, 0) is 42.8 Å². The lowest BCUT2D eigenvalue weighted by Gasteiger charge is -2.41. The molecule has 0 heterocycles. The van der Waals surface area contributed by atoms with Crippen LogP contribution in [0.1, 0.15) is 33.6 Å². The number of ketones is 2. The number of amides is 1. The molecule has 14 heteroatoms. The first kappa shape index (κ1) is 32.8. The fourth-order valence-corrected chi connectivity index (χ4v) is 8.80. The van der Waals surface area contributed by atoms with E-state index in [0.717, 1.165) is 23.3 Å². The summed E-state index contributed by atoms with van der Waals surface area (Å²) in [4.78, 5) is 39.9. The van der Waals surface area contributed by atoms with Crippen molar-refractivity contribution in [1.29, 1.82) is 0 Å². The third-order valence-corrected chi connectivity index (χ3v) is 11.7. The molecule has 3 rings (SSSR count). The molecular formula is C27H31N3O7S4. The third kappa shape index (κ3) is 7.76. The Bertz CT molecular complexity index is 1600. The normalized spacial score (nSPS) is 19.1. The second kappa shape index (κ2) is 13.0. The number of carbonyl (C=O) groups is 3. The van der Waals surface area contributed by atoms with Crippen LogP contribution < -0.4 is 17.2 Å². The molecule has 2 unspecified atom stereocenters. The molecular weight excluding hydrogens is 607 g/mol. The van der Waals surface area contributed by atoms with Crippen molar-refractivity contribution in [3.63, 3.8) is 0 Å². The zero-order valence-corrected chi connectivity index (χ0v) is 25.6. The first-order chi connectivity index (χ1) is 19.1. The van der Waals surface area contributed by atoms with E-state index in [0.29, 0.717) is 0 Å². The molecule has 0 aromatic heterocycles. The van der Waals surface area contributed by atoms with Crippen molar-refractivity contribution in [3.8, 4) is 0 Å². The summed E-state index contributed by atoms with van der Waals surface area (Å²) in [7, 11) is -4.77. The summed E-state index contributed by atoms with van der Waals surface area (Å²) in [6.45, 7) is 0. The molecule has 0 aliphatic heterocycles. The first-order valence-electron chi connectivity index (χ1n) is 12.3. The van der Waals surface area contributed by atoms with E-state index in [1.807, 2.05) is 0 Å². The van der Waals surface area contributed by atoms with Crippen LogP contribution in [0.4, 0.5) is 0 Å². The number of benzene rings is 2. The van der Waals surface area contributed by atoms with Crippen molar-refractivity contribution in [2.45, 2.75) is 33.5 Å². The van der Waals surface area contributed by atoms with E-state index in [4.69, 9.17) is 17.2 Å². The van der Waals surface area contributed by atoms with E-state index in [1.54, 1.807) is 12.2 Å². The summed E-state index contributed by atoms with van der Waals surface area (Å²) in [5.74, 6) is -1.96. The lowest BCUT2D eigenvalue weighted by molar-refractivity contribution is -0.117. The summed E-state index contributed by atoms with van der Waals surface area (Å²) in [6, 6.07) is 10.8. The van der Waals surface area contributed by atoms with Crippen molar-refractivity contribution in [1.82, 2.24) is 0 Å². The zero-order chi connectivity index (χ0) is 30.6. The number of rotatable bonds is 13. The second-order valence-electron chi connectivity index (χ2n) is 9.58. The van der Waals surface area contributed by atoms with Crippen molar-refractivity contribution in [3.05, 3.63) is 83.5 Å². The summed E-state index contributed by atoms with van der Waals surface area (Å²) in [5.41, 5.74) is 17.6. The first-order valence-corrected chi connectivity index (χ1v) is 18.4.